The highest BCUT2D eigenvalue weighted by Gasteiger charge is 1.96. The predicted octanol–water partition coefficient (Wildman–Crippen LogP) is 4.45. The van der Waals surface area contributed by atoms with Crippen LogP contribution in [0.15, 0.2) is 58.8 Å². The molecule has 0 atom stereocenters. The smallest absolute Gasteiger partial charge is 0.109 e. The van der Waals surface area contributed by atoms with E-state index in [1.165, 1.54) is 5.56 Å². The van der Waals surface area contributed by atoms with Gasteiger partial charge in [-0.15, -0.1) is 5.11 Å². The zero-order valence-electron chi connectivity index (χ0n) is 10.0. The van der Waals surface area contributed by atoms with Crippen LogP contribution in [-0.2, 0) is 0 Å². The van der Waals surface area contributed by atoms with Gasteiger partial charge < -0.3 is 5.32 Å². The van der Waals surface area contributed by atoms with E-state index >= 15 is 0 Å². The Balaban J connectivity index is 2.22. The lowest BCUT2D eigenvalue weighted by molar-refractivity contribution is 1.22. The second kappa shape index (κ2) is 5.25. The van der Waals surface area contributed by atoms with E-state index in [9.17, 15) is 0 Å². The molecule has 0 fully saturated rings. The Hall–Kier alpha value is -2.16. The van der Waals surface area contributed by atoms with E-state index in [4.69, 9.17) is 0 Å². The third-order valence-corrected chi connectivity index (χ3v) is 2.48. The minimum atomic E-state index is 0.843. The van der Waals surface area contributed by atoms with Gasteiger partial charge in [-0.25, -0.2) is 0 Å². The number of nitrogens with one attached hydrogen (secondary N) is 1. The maximum Gasteiger partial charge on any atom is 0.109 e. The van der Waals surface area contributed by atoms with Crippen molar-refractivity contribution in [2.45, 2.75) is 6.92 Å². The third-order valence-electron chi connectivity index (χ3n) is 2.48. The molecule has 0 aliphatic carbocycles. The van der Waals surface area contributed by atoms with Crippen LogP contribution in [0.4, 0.5) is 17.1 Å². The van der Waals surface area contributed by atoms with Crippen molar-refractivity contribution >= 4 is 17.1 Å². The molecule has 0 spiro atoms. The molecule has 0 unspecified atom stereocenters. The summed E-state index contributed by atoms with van der Waals surface area (Å²) in [4.78, 5) is 0. The summed E-state index contributed by atoms with van der Waals surface area (Å²) >= 11 is 0. The molecule has 2 aromatic rings. The highest BCUT2D eigenvalue weighted by molar-refractivity contribution is 5.64. The van der Waals surface area contributed by atoms with Crippen molar-refractivity contribution in [1.29, 1.82) is 0 Å². The van der Waals surface area contributed by atoms with Gasteiger partial charge in [0.15, 0.2) is 0 Å². The molecule has 0 heterocycles. The number of hydrogen-bond acceptors (Lipinski definition) is 3. The van der Waals surface area contributed by atoms with Crippen LogP contribution in [0.5, 0.6) is 0 Å². The van der Waals surface area contributed by atoms with Gasteiger partial charge in [-0.1, -0.05) is 29.8 Å². The number of para-hydroxylation sites is 1. The van der Waals surface area contributed by atoms with Gasteiger partial charge in [0.1, 0.15) is 5.69 Å². The van der Waals surface area contributed by atoms with Gasteiger partial charge in [-0.2, -0.15) is 5.11 Å². The van der Waals surface area contributed by atoms with E-state index < -0.39 is 0 Å². The maximum absolute atomic E-state index is 4.24. The van der Waals surface area contributed by atoms with Gasteiger partial charge in [-0.3, -0.25) is 0 Å². The zero-order valence-corrected chi connectivity index (χ0v) is 10.0. The second-order valence-electron chi connectivity index (χ2n) is 3.80. The first-order valence-electron chi connectivity index (χ1n) is 5.55. The molecule has 2 rings (SSSR count). The van der Waals surface area contributed by atoms with Crippen molar-refractivity contribution < 1.29 is 0 Å². The summed E-state index contributed by atoms with van der Waals surface area (Å²) in [5.41, 5.74) is 3.90. The van der Waals surface area contributed by atoms with Crippen molar-refractivity contribution in [2.75, 3.05) is 12.4 Å². The molecule has 0 aliphatic heterocycles. The number of aryl methyl sites for hydroxylation is 1. The fraction of sp³-hybridized carbons (Fsp3) is 0.143. The lowest BCUT2D eigenvalue weighted by Crippen LogP contribution is -1.86. The number of hydrogen-bond donors (Lipinski definition) is 1. The average molecular weight is 225 g/mol. The highest BCUT2D eigenvalue weighted by Crippen LogP contribution is 2.25. The Morgan fingerprint density at radius 3 is 2.29 bits per heavy atom. The van der Waals surface area contributed by atoms with Crippen LogP contribution in [-0.4, -0.2) is 7.05 Å². The Kier molecular flexibility index (Phi) is 3.50. The van der Waals surface area contributed by atoms with Crippen molar-refractivity contribution in [2.24, 2.45) is 10.2 Å². The van der Waals surface area contributed by atoms with E-state index in [-0.39, 0.29) is 0 Å². The van der Waals surface area contributed by atoms with E-state index in [1.807, 2.05) is 55.6 Å². The zero-order chi connectivity index (χ0) is 12.1. The van der Waals surface area contributed by atoms with Gasteiger partial charge >= 0.3 is 0 Å². The minimum Gasteiger partial charge on any atom is -0.386 e. The quantitative estimate of drug-likeness (QED) is 0.769. The summed E-state index contributed by atoms with van der Waals surface area (Å²) in [6.07, 6.45) is 0. The summed E-state index contributed by atoms with van der Waals surface area (Å²) < 4.78 is 0. The van der Waals surface area contributed by atoms with Crippen molar-refractivity contribution in [3.63, 3.8) is 0 Å². The maximum atomic E-state index is 4.24. The average Bonchev–Trinajstić information content (AvgIpc) is 2.38. The molecule has 0 aromatic heterocycles. The molecule has 2 aromatic carbocycles. The first kappa shape index (κ1) is 11.3. The predicted molar refractivity (Wildman–Crippen MR) is 71.3 cm³/mol. The topological polar surface area (TPSA) is 36.8 Å². The monoisotopic (exact) mass is 225 g/mol. The molecule has 3 nitrogen and oxygen atoms in total. The van der Waals surface area contributed by atoms with Gasteiger partial charge in [-0.05, 0) is 31.2 Å². The van der Waals surface area contributed by atoms with Crippen LogP contribution in [0, 0.1) is 6.92 Å². The van der Waals surface area contributed by atoms with E-state index in [0.29, 0.717) is 0 Å². The largest absolute Gasteiger partial charge is 0.386 e. The Labute approximate surface area is 101 Å². The molecule has 17 heavy (non-hydrogen) atoms. The van der Waals surface area contributed by atoms with Crippen LogP contribution in [0.3, 0.4) is 0 Å². The summed E-state index contributed by atoms with van der Waals surface area (Å²) in [5, 5.41) is 11.5. The number of nitrogens with zero attached hydrogens (tertiary/aromatic N) is 2. The molecular formula is C14H15N3. The molecule has 0 saturated carbocycles. The molecule has 0 saturated heterocycles. The fourth-order valence-electron chi connectivity index (χ4n) is 1.50. The van der Waals surface area contributed by atoms with Crippen LogP contribution >= 0.6 is 0 Å². The second-order valence-corrected chi connectivity index (χ2v) is 3.80. The molecule has 86 valence electrons. The molecule has 0 amide bonds. The van der Waals surface area contributed by atoms with Crippen LogP contribution in [0.1, 0.15) is 5.56 Å². The minimum absolute atomic E-state index is 0.843. The first-order valence-corrected chi connectivity index (χ1v) is 5.55. The summed E-state index contributed by atoms with van der Waals surface area (Å²) in [6.45, 7) is 2.05. The summed E-state index contributed by atoms with van der Waals surface area (Å²) in [7, 11) is 1.88. The van der Waals surface area contributed by atoms with Gasteiger partial charge in [0.05, 0.1) is 11.4 Å². The number of rotatable bonds is 3. The Morgan fingerprint density at radius 1 is 0.882 bits per heavy atom. The first-order chi connectivity index (χ1) is 8.29. The highest BCUT2D eigenvalue weighted by atomic mass is 15.1. The van der Waals surface area contributed by atoms with Gasteiger partial charge in [0.2, 0.25) is 0 Å². The molecule has 3 heteroatoms. The van der Waals surface area contributed by atoms with Gasteiger partial charge in [0.25, 0.3) is 0 Å². The lowest BCUT2D eigenvalue weighted by atomic mass is 10.2. The standard InChI is InChI=1S/C14H15N3/c1-11-7-9-12(10-8-11)16-17-14-6-4-3-5-13(14)15-2/h3-10,15H,1-2H3. The van der Waals surface area contributed by atoms with Gasteiger partial charge in [0, 0.05) is 7.05 Å². The van der Waals surface area contributed by atoms with Crippen LogP contribution in [0.25, 0.3) is 0 Å². The van der Waals surface area contributed by atoms with Crippen LogP contribution in [0.2, 0.25) is 0 Å². The number of anilines is 1. The molecule has 1 N–H and O–H groups in total. The van der Waals surface area contributed by atoms with Crippen molar-refractivity contribution in [3.8, 4) is 0 Å². The SMILES string of the molecule is CNc1ccccc1N=Nc1ccc(C)cc1. The molecule has 0 radical (unpaired) electrons. The summed E-state index contributed by atoms with van der Waals surface area (Å²) in [6, 6.07) is 15.8. The number of azo groups is 1. The number of benzene rings is 2. The van der Waals surface area contributed by atoms with Crippen molar-refractivity contribution in [1.82, 2.24) is 0 Å². The molecule has 0 bridgehead atoms. The molecule has 0 aliphatic rings. The Morgan fingerprint density at radius 2 is 1.59 bits per heavy atom. The van der Waals surface area contributed by atoms with E-state index in [2.05, 4.69) is 22.5 Å². The summed E-state index contributed by atoms with van der Waals surface area (Å²) in [5.74, 6) is 0. The van der Waals surface area contributed by atoms with E-state index in [0.717, 1.165) is 17.1 Å². The molecular weight excluding hydrogens is 210 g/mol. The normalized spacial score (nSPS) is 10.7. The van der Waals surface area contributed by atoms with Crippen LogP contribution < -0.4 is 5.32 Å². The van der Waals surface area contributed by atoms with Crippen molar-refractivity contribution in [3.05, 3.63) is 54.1 Å². The fourth-order valence-corrected chi connectivity index (χ4v) is 1.50. The third kappa shape index (κ3) is 2.91. The van der Waals surface area contributed by atoms with E-state index in [1.54, 1.807) is 0 Å². The Bertz CT molecular complexity index is 515. The lowest BCUT2D eigenvalue weighted by Gasteiger charge is -2.02.